The van der Waals surface area contributed by atoms with Gasteiger partial charge in [-0.25, -0.2) is 4.79 Å². The molecule has 1 rings (SSSR count). The first kappa shape index (κ1) is 10.8. The van der Waals surface area contributed by atoms with Crippen LogP contribution >= 0.6 is 0 Å². The summed E-state index contributed by atoms with van der Waals surface area (Å²) < 4.78 is 4.45. The minimum Gasteiger partial charge on any atom is -0.453 e. The van der Waals surface area contributed by atoms with Crippen LogP contribution in [0.3, 0.4) is 0 Å². The quantitative estimate of drug-likeness (QED) is 0.693. The number of alkyl carbamates (subject to hydrolysis) is 1. The van der Waals surface area contributed by atoms with Crippen LogP contribution in [-0.4, -0.2) is 43.1 Å². The molecule has 80 valence electrons. The van der Waals surface area contributed by atoms with E-state index in [1.165, 1.54) is 7.11 Å². The molecule has 5 heteroatoms. The van der Waals surface area contributed by atoms with Crippen molar-refractivity contribution in [2.75, 3.05) is 20.2 Å². The van der Waals surface area contributed by atoms with Crippen molar-refractivity contribution in [1.29, 1.82) is 0 Å². The Morgan fingerprint density at radius 3 is 2.43 bits per heavy atom. The predicted molar refractivity (Wildman–Crippen MR) is 50.7 cm³/mol. The molecule has 1 saturated heterocycles. The van der Waals surface area contributed by atoms with E-state index in [1.54, 1.807) is 4.90 Å². The van der Waals surface area contributed by atoms with Crippen LogP contribution in [0.25, 0.3) is 0 Å². The molecule has 0 spiro atoms. The number of carbonyl (C=O) groups is 2. The molecule has 0 saturated carbocycles. The van der Waals surface area contributed by atoms with Gasteiger partial charge in [0.15, 0.2) is 0 Å². The van der Waals surface area contributed by atoms with Gasteiger partial charge in [0, 0.05) is 19.0 Å². The van der Waals surface area contributed by atoms with Gasteiger partial charge in [-0.05, 0) is 0 Å². The number of ether oxygens (including phenoxy) is 1. The summed E-state index contributed by atoms with van der Waals surface area (Å²) in [5.41, 5.74) is 0. The predicted octanol–water partition coefficient (Wildman–Crippen LogP) is 0.209. The number of methoxy groups -OCH3 is 1. The van der Waals surface area contributed by atoms with Gasteiger partial charge in [-0.3, -0.25) is 4.79 Å². The van der Waals surface area contributed by atoms with Gasteiger partial charge in [0.05, 0.1) is 13.2 Å². The van der Waals surface area contributed by atoms with Crippen molar-refractivity contribution in [3.8, 4) is 0 Å². The third-order valence-corrected chi connectivity index (χ3v) is 2.19. The van der Waals surface area contributed by atoms with Gasteiger partial charge in [-0.15, -0.1) is 0 Å². The number of nitrogens with zero attached hydrogens (tertiary/aromatic N) is 1. The van der Waals surface area contributed by atoms with Gasteiger partial charge in [-0.1, -0.05) is 13.8 Å². The fourth-order valence-electron chi connectivity index (χ4n) is 1.34. The number of hydrogen-bond donors (Lipinski definition) is 1. The molecular formula is C9H16N2O3. The zero-order valence-corrected chi connectivity index (χ0v) is 8.74. The van der Waals surface area contributed by atoms with Gasteiger partial charge < -0.3 is 15.0 Å². The highest BCUT2D eigenvalue weighted by molar-refractivity contribution is 5.79. The van der Waals surface area contributed by atoms with E-state index >= 15 is 0 Å². The van der Waals surface area contributed by atoms with Crippen molar-refractivity contribution >= 4 is 12.0 Å². The van der Waals surface area contributed by atoms with Gasteiger partial charge in [0.1, 0.15) is 0 Å². The van der Waals surface area contributed by atoms with Crippen LogP contribution in [0.5, 0.6) is 0 Å². The number of rotatable bonds is 2. The highest BCUT2D eigenvalue weighted by atomic mass is 16.5. The molecule has 0 aromatic carbocycles. The Hall–Kier alpha value is -1.26. The smallest absolute Gasteiger partial charge is 0.407 e. The third-order valence-electron chi connectivity index (χ3n) is 2.19. The molecule has 0 bridgehead atoms. The van der Waals surface area contributed by atoms with Gasteiger partial charge in [0.25, 0.3) is 0 Å². The maximum Gasteiger partial charge on any atom is 0.407 e. The van der Waals surface area contributed by atoms with Crippen LogP contribution in [0.1, 0.15) is 13.8 Å². The van der Waals surface area contributed by atoms with E-state index in [9.17, 15) is 9.59 Å². The maximum absolute atomic E-state index is 11.4. The fraction of sp³-hybridized carbons (Fsp3) is 0.778. The second kappa shape index (κ2) is 4.30. The maximum atomic E-state index is 11.4. The SMILES string of the molecule is COC(=O)NC1CN(C(=O)C(C)C)C1. The Labute approximate surface area is 83.4 Å². The van der Waals surface area contributed by atoms with Crippen molar-refractivity contribution in [3.63, 3.8) is 0 Å². The van der Waals surface area contributed by atoms with Crippen LogP contribution < -0.4 is 5.32 Å². The summed E-state index contributed by atoms with van der Waals surface area (Å²) in [5.74, 6) is 0.155. The Balaban J connectivity index is 2.23. The van der Waals surface area contributed by atoms with Crippen molar-refractivity contribution in [1.82, 2.24) is 10.2 Å². The summed E-state index contributed by atoms with van der Waals surface area (Å²) in [7, 11) is 1.32. The Morgan fingerprint density at radius 2 is 2.00 bits per heavy atom. The topological polar surface area (TPSA) is 58.6 Å². The van der Waals surface area contributed by atoms with E-state index in [0.29, 0.717) is 13.1 Å². The summed E-state index contributed by atoms with van der Waals surface area (Å²) in [6, 6.07) is 0.0464. The molecule has 1 heterocycles. The number of amides is 2. The van der Waals surface area contributed by atoms with E-state index < -0.39 is 6.09 Å². The highest BCUT2D eigenvalue weighted by Crippen LogP contribution is 2.12. The minimum atomic E-state index is -0.438. The van der Waals surface area contributed by atoms with Crippen molar-refractivity contribution in [2.45, 2.75) is 19.9 Å². The first-order chi connectivity index (χ1) is 6.54. The zero-order valence-electron chi connectivity index (χ0n) is 8.74. The van der Waals surface area contributed by atoms with E-state index in [2.05, 4.69) is 10.1 Å². The number of hydrogen-bond acceptors (Lipinski definition) is 3. The zero-order chi connectivity index (χ0) is 10.7. The van der Waals surface area contributed by atoms with Gasteiger partial charge in [-0.2, -0.15) is 0 Å². The Bertz CT molecular complexity index is 234. The van der Waals surface area contributed by atoms with Crippen LogP contribution in [0.15, 0.2) is 0 Å². The van der Waals surface area contributed by atoms with E-state index in [0.717, 1.165) is 0 Å². The molecule has 0 aromatic rings. The van der Waals surface area contributed by atoms with Gasteiger partial charge >= 0.3 is 6.09 Å². The van der Waals surface area contributed by atoms with Crippen LogP contribution in [0.4, 0.5) is 4.79 Å². The molecule has 0 unspecified atom stereocenters. The lowest BCUT2D eigenvalue weighted by atomic mass is 10.1. The average molecular weight is 200 g/mol. The molecule has 0 aromatic heterocycles. The van der Waals surface area contributed by atoms with Crippen molar-refractivity contribution in [3.05, 3.63) is 0 Å². The third kappa shape index (κ3) is 2.37. The monoisotopic (exact) mass is 200 g/mol. The van der Waals surface area contributed by atoms with E-state index in [1.807, 2.05) is 13.8 Å². The van der Waals surface area contributed by atoms with Gasteiger partial charge in [0.2, 0.25) is 5.91 Å². The number of nitrogens with one attached hydrogen (secondary N) is 1. The lowest BCUT2D eigenvalue weighted by molar-refractivity contribution is -0.139. The second-order valence-corrected chi connectivity index (χ2v) is 3.73. The standard InChI is InChI=1S/C9H16N2O3/c1-6(2)8(12)11-4-7(5-11)10-9(13)14-3/h6-7H,4-5H2,1-3H3,(H,10,13). The Morgan fingerprint density at radius 1 is 1.43 bits per heavy atom. The highest BCUT2D eigenvalue weighted by Gasteiger charge is 2.32. The summed E-state index contributed by atoms with van der Waals surface area (Å²) in [6.07, 6.45) is -0.438. The summed E-state index contributed by atoms with van der Waals surface area (Å²) in [4.78, 5) is 23.9. The lowest BCUT2D eigenvalue weighted by Crippen LogP contribution is -2.61. The first-order valence-corrected chi connectivity index (χ1v) is 4.68. The number of likely N-dealkylation sites (tertiary alicyclic amines) is 1. The molecule has 5 nitrogen and oxygen atoms in total. The molecule has 1 N–H and O–H groups in total. The van der Waals surface area contributed by atoms with E-state index in [-0.39, 0.29) is 17.9 Å². The van der Waals surface area contributed by atoms with E-state index in [4.69, 9.17) is 0 Å². The van der Waals surface area contributed by atoms with Crippen molar-refractivity contribution in [2.24, 2.45) is 5.92 Å². The largest absolute Gasteiger partial charge is 0.453 e. The van der Waals surface area contributed by atoms with Crippen LogP contribution in [0, 0.1) is 5.92 Å². The first-order valence-electron chi connectivity index (χ1n) is 4.68. The molecule has 14 heavy (non-hydrogen) atoms. The lowest BCUT2D eigenvalue weighted by Gasteiger charge is -2.40. The second-order valence-electron chi connectivity index (χ2n) is 3.73. The average Bonchev–Trinajstić information content (AvgIpc) is 2.08. The molecule has 0 aliphatic carbocycles. The normalized spacial score (nSPS) is 16.4. The summed E-state index contributed by atoms with van der Waals surface area (Å²) in [5, 5.41) is 2.63. The molecule has 2 amide bonds. The van der Waals surface area contributed by atoms with Crippen LogP contribution in [-0.2, 0) is 9.53 Å². The summed E-state index contributed by atoms with van der Waals surface area (Å²) >= 11 is 0. The number of carbonyl (C=O) groups excluding carboxylic acids is 2. The molecule has 1 aliphatic heterocycles. The molecule has 0 radical (unpaired) electrons. The summed E-state index contributed by atoms with van der Waals surface area (Å²) in [6.45, 7) is 4.91. The molecule has 1 fully saturated rings. The molecular weight excluding hydrogens is 184 g/mol. The molecule has 1 aliphatic rings. The fourth-order valence-corrected chi connectivity index (χ4v) is 1.34. The molecule has 0 atom stereocenters. The Kier molecular flexibility index (Phi) is 3.33. The van der Waals surface area contributed by atoms with Crippen molar-refractivity contribution < 1.29 is 14.3 Å². The van der Waals surface area contributed by atoms with Crippen LogP contribution in [0.2, 0.25) is 0 Å². The minimum absolute atomic E-state index is 0.0223.